The van der Waals surface area contributed by atoms with Gasteiger partial charge >= 0.3 is 6.18 Å². The first-order valence-corrected chi connectivity index (χ1v) is 6.01. The fourth-order valence-electron chi connectivity index (χ4n) is 2.26. The van der Waals surface area contributed by atoms with Crippen LogP contribution in [0.1, 0.15) is 25.7 Å². The van der Waals surface area contributed by atoms with Crippen molar-refractivity contribution < 1.29 is 18.0 Å². The van der Waals surface area contributed by atoms with Gasteiger partial charge in [0.05, 0.1) is 0 Å². The summed E-state index contributed by atoms with van der Waals surface area (Å²) in [4.78, 5) is 11.6. The summed E-state index contributed by atoms with van der Waals surface area (Å²) in [7, 11) is 0. The molecule has 0 aromatic carbocycles. The second-order valence-corrected chi connectivity index (χ2v) is 4.98. The third-order valence-electron chi connectivity index (χ3n) is 3.74. The molecule has 17 heavy (non-hydrogen) atoms. The van der Waals surface area contributed by atoms with Crippen molar-refractivity contribution in [2.24, 2.45) is 11.3 Å². The number of piperidine rings is 1. The second-order valence-electron chi connectivity index (χ2n) is 4.98. The Bertz CT molecular complexity index is 294. The summed E-state index contributed by atoms with van der Waals surface area (Å²) in [5.74, 6) is -0.521. The van der Waals surface area contributed by atoms with E-state index in [0.29, 0.717) is 12.5 Å². The number of amides is 1. The van der Waals surface area contributed by atoms with Crippen LogP contribution in [0.3, 0.4) is 0 Å². The molecule has 2 N–H and O–H groups in total. The van der Waals surface area contributed by atoms with E-state index in [9.17, 15) is 18.0 Å². The Labute approximate surface area is 98.1 Å². The molecule has 0 unspecified atom stereocenters. The molecule has 0 spiro atoms. The van der Waals surface area contributed by atoms with E-state index in [0.717, 1.165) is 25.9 Å². The maximum atomic E-state index is 12.6. The van der Waals surface area contributed by atoms with Gasteiger partial charge in [-0.2, -0.15) is 13.2 Å². The van der Waals surface area contributed by atoms with Gasteiger partial charge in [-0.3, -0.25) is 4.79 Å². The molecular formula is C11H17F3N2O. The number of rotatable bonds is 3. The molecule has 6 heteroatoms. The van der Waals surface area contributed by atoms with Gasteiger partial charge in [-0.1, -0.05) is 0 Å². The molecule has 1 saturated heterocycles. The Balaban J connectivity index is 1.81. The minimum atomic E-state index is -4.40. The van der Waals surface area contributed by atoms with E-state index >= 15 is 0 Å². The summed E-state index contributed by atoms with van der Waals surface area (Å²) in [5.41, 5.74) is -2.07. The Hall–Kier alpha value is -0.780. The number of alkyl halides is 3. The molecule has 2 rings (SSSR count). The van der Waals surface area contributed by atoms with Crippen LogP contribution in [-0.2, 0) is 4.79 Å². The molecule has 2 aliphatic rings. The summed E-state index contributed by atoms with van der Waals surface area (Å²) in [6.45, 7) is 2.13. The van der Waals surface area contributed by atoms with E-state index in [-0.39, 0.29) is 12.8 Å². The molecule has 1 saturated carbocycles. The molecule has 3 nitrogen and oxygen atoms in total. The highest BCUT2D eigenvalue weighted by molar-refractivity contribution is 5.86. The second kappa shape index (κ2) is 4.48. The number of hydrogen-bond acceptors (Lipinski definition) is 2. The molecule has 1 aliphatic carbocycles. The Kier molecular flexibility index (Phi) is 3.34. The maximum Gasteiger partial charge on any atom is 0.403 e. The fourth-order valence-corrected chi connectivity index (χ4v) is 2.26. The smallest absolute Gasteiger partial charge is 0.355 e. The topological polar surface area (TPSA) is 41.1 Å². The van der Waals surface area contributed by atoms with E-state index in [2.05, 4.69) is 10.6 Å². The van der Waals surface area contributed by atoms with Gasteiger partial charge in [-0.15, -0.1) is 0 Å². The average molecular weight is 250 g/mol. The molecule has 0 bridgehead atoms. The number of nitrogens with one attached hydrogen (secondary N) is 2. The van der Waals surface area contributed by atoms with Crippen molar-refractivity contribution >= 4 is 5.91 Å². The standard InChI is InChI=1S/C11H17F3N2O/c12-11(13,14)10(3-4-10)9(17)16-7-8-1-5-15-6-2-8/h8,15H,1-7H2,(H,16,17). The molecule has 1 heterocycles. The van der Waals surface area contributed by atoms with Crippen molar-refractivity contribution in [3.05, 3.63) is 0 Å². The van der Waals surface area contributed by atoms with Crippen LogP contribution in [0.5, 0.6) is 0 Å². The third kappa shape index (κ3) is 2.56. The molecule has 0 radical (unpaired) electrons. The quantitative estimate of drug-likeness (QED) is 0.796. The average Bonchev–Trinajstić information content (AvgIpc) is 3.07. The van der Waals surface area contributed by atoms with Crippen LogP contribution in [0, 0.1) is 11.3 Å². The summed E-state index contributed by atoms with van der Waals surface area (Å²) < 4.78 is 37.9. The molecule has 2 fully saturated rings. The Morgan fingerprint density at radius 2 is 1.88 bits per heavy atom. The van der Waals surface area contributed by atoms with Crippen molar-refractivity contribution in [3.63, 3.8) is 0 Å². The first-order chi connectivity index (χ1) is 7.96. The van der Waals surface area contributed by atoms with Gasteiger partial charge in [0.25, 0.3) is 0 Å². The van der Waals surface area contributed by atoms with E-state index in [1.165, 1.54) is 0 Å². The van der Waals surface area contributed by atoms with Crippen molar-refractivity contribution in [2.45, 2.75) is 31.9 Å². The van der Waals surface area contributed by atoms with Crippen molar-refractivity contribution in [1.82, 2.24) is 10.6 Å². The van der Waals surface area contributed by atoms with Crippen LogP contribution in [0.2, 0.25) is 0 Å². The van der Waals surface area contributed by atoms with E-state index in [1.54, 1.807) is 0 Å². The normalized spacial score (nSPS) is 24.4. The lowest BCUT2D eigenvalue weighted by Gasteiger charge is -2.24. The maximum absolute atomic E-state index is 12.6. The number of carbonyl (C=O) groups excluding carboxylic acids is 1. The number of hydrogen-bond donors (Lipinski definition) is 2. The van der Waals surface area contributed by atoms with Crippen LogP contribution in [-0.4, -0.2) is 31.7 Å². The number of halogens is 3. The molecule has 0 aromatic heterocycles. The minimum absolute atomic E-state index is 0.0610. The summed E-state index contributed by atoms with van der Waals surface area (Å²) >= 11 is 0. The van der Waals surface area contributed by atoms with E-state index in [4.69, 9.17) is 0 Å². The predicted molar refractivity (Wildman–Crippen MR) is 56.3 cm³/mol. The lowest BCUT2D eigenvalue weighted by molar-refractivity contribution is -0.192. The zero-order chi connectivity index (χ0) is 12.5. The van der Waals surface area contributed by atoms with Crippen molar-refractivity contribution in [2.75, 3.05) is 19.6 Å². The first-order valence-electron chi connectivity index (χ1n) is 6.01. The molecule has 0 aromatic rings. The van der Waals surface area contributed by atoms with E-state index < -0.39 is 17.5 Å². The highest BCUT2D eigenvalue weighted by Crippen LogP contribution is 2.57. The highest BCUT2D eigenvalue weighted by Gasteiger charge is 2.68. The highest BCUT2D eigenvalue weighted by atomic mass is 19.4. The van der Waals surface area contributed by atoms with Crippen LogP contribution in [0.4, 0.5) is 13.2 Å². The Morgan fingerprint density at radius 3 is 2.35 bits per heavy atom. The van der Waals surface area contributed by atoms with Crippen molar-refractivity contribution in [3.8, 4) is 0 Å². The third-order valence-corrected chi connectivity index (χ3v) is 3.74. The SMILES string of the molecule is O=C(NCC1CCNCC1)C1(C(F)(F)F)CC1. The predicted octanol–water partition coefficient (Wildman–Crippen LogP) is 1.44. The minimum Gasteiger partial charge on any atom is -0.355 e. The van der Waals surface area contributed by atoms with Crippen LogP contribution >= 0.6 is 0 Å². The zero-order valence-electron chi connectivity index (χ0n) is 9.57. The lowest BCUT2D eigenvalue weighted by Crippen LogP contribution is -2.44. The largest absolute Gasteiger partial charge is 0.403 e. The molecule has 0 atom stereocenters. The van der Waals surface area contributed by atoms with Gasteiger partial charge in [-0.25, -0.2) is 0 Å². The first kappa shape index (κ1) is 12.7. The Morgan fingerprint density at radius 1 is 1.29 bits per heavy atom. The number of carbonyl (C=O) groups is 1. The molecule has 98 valence electrons. The molecule has 1 aliphatic heterocycles. The van der Waals surface area contributed by atoms with Crippen molar-refractivity contribution in [1.29, 1.82) is 0 Å². The molecule has 1 amide bonds. The van der Waals surface area contributed by atoms with Gasteiger partial charge < -0.3 is 10.6 Å². The van der Waals surface area contributed by atoms with Crippen LogP contribution in [0.25, 0.3) is 0 Å². The summed E-state index contributed by atoms with van der Waals surface area (Å²) in [6.07, 6.45) is -2.69. The fraction of sp³-hybridized carbons (Fsp3) is 0.909. The van der Waals surface area contributed by atoms with Gasteiger partial charge in [-0.05, 0) is 44.7 Å². The molecular weight excluding hydrogens is 233 g/mol. The van der Waals surface area contributed by atoms with Gasteiger partial charge in [0.15, 0.2) is 0 Å². The van der Waals surface area contributed by atoms with E-state index in [1.807, 2.05) is 0 Å². The summed E-state index contributed by atoms with van der Waals surface area (Å²) in [5, 5.41) is 5.65. The van der Waals surface area contributed by atoms with Crippen LogP contribution in [0.15, 0.2) is 0 Å². The van der Waals surface area contributed by atoms with Crippen LogP contribution < -0.4 is 10.6 Å². The summed E-state index contributed by atoms with van der Waals surface area (Å²) in [6, 6.07) is 0. The monoisotopic (exact) mass is 250 g/mol. The van der Waals surface area contributed by atoms with Gasteiger partial charge in [0, 0.05) is 6.54 Å². The van der Waals surface area contributed by atoms with Gasteiger partial charge in [0.1, 0.15) is 5.41 Å². The zero-order valence-corrected chi connectivity index (χ0v) is 9.57. The lowest BCUT2D eigenvalue weighted by atomic mass is 9.97. The van der Waals surface area contributed by atoms with Gasteiger partial charge in [0.2, 0.25) is 5.91 Å².